The quantitative estimate of drug-likeness (QED) is 0.267. The summed E-state index contributed by atoms with van der Waals surface area (Å²) in [6.07, 6.45) is 1.90. The lowest BCUT2D eigenvalue weighted by Gasteiger charge is -2.15. The van der Waals surface area contributed by atoms with Crippen molar-refractivity contribution in [2.45, 2.75) is 59.5 Å². The van der Waals surface area contributed by atoms with E-state index in [0.29, 0.717) is 24.6 Å². The van der Waals surface area contributed by atoms with Crippen LogP contribution >= 0.6 is 0 Å². The van der Waals surface area contributed by atoms with Gasteiger partial charge in [0.15, 0.2) is 0 Å². The lowest BCUT2D eigenvalue weighted by molar-refractivity contribution is 0.0949. The van der Waals surface area contributed by atoms with Crippen LogP contribution in [0, 0.1) is 13.8 Å². The number of aromatic nitrogens is 2. The Morgan fingerprint density at radius 2 is 1.77 bits per heavy atom. The lowest BCUT2D eigenvalue weighted by atomic mass is 10.0. The second kappa shape index (κ2) is 11.2. The van der Waals surface area contributed by atoms with Crippen LogP contribution in [0.1, 0.15) is 65.5 Å². The maximum Gasteiger partial charge on any atom is 0.251 e. The van der Waals surface area contributed by atoms with Gasteiger partial charge in [0.1, 0.15) is 11.6 Å². The van der Waals surface area contributed by atoms with Crippen LogP contribution in [0.2, 0.25) is 0 Å². The molecule has 5 heteroatoms. The molecule has 0 spiro atoms. The predicted octanol–water partition coefficient (Wildman–Crippen LogP) is 6.57. The Bertz CT molecular complexity index is 1310. The molecular weight excluding hydrogens is 434 g/mol. The molecule has 0 aliphatic carbocycles. The van der Waals surface area contributed by atoms with E-state index in [0.717, 1.165) is 47.6 Å². The average Bonchev–Trinajstić information content (AvgIpc) is 3.20. The number of carbonyl (C=O) groups is 1. The molecular formula is C30H35N3O2. The molecule has 1 aromatic heterocycles. The van der Waals surface area contributed by atoms with Crippen LogP contribution < -0.4 is 10.1 Å². The molecule has 1 amide bonds. The molecule has 1 heterocycles. The molecule has 182 valence electrons. The third-order valence-electron chi connectivity index (χ3n) is 6.36. The van der Waals surface area contributed by atoms with Crippen LogP contribution in [0.5, 0.6) is 5.75 Å². The van der Waals surface area contributed by atoms with Crippen LogP contribution in [0.4, 0.5) is 0 Å². The first-order valence-corrected chi connectivity index (χ1v) is 12.5. The highest BCUT2D eigenvalue weighted by Crippen LogP contribution is 2.27. The summed E-state index contributed by atoms with van der Waals surface area (Å²) < 4.78 is 8.40. The highest BCUT2D eigenvalue weighted by molar-refractivity contribution is 5.95. The highest BCUT2D eigenvalue weighted by Gasteiger charge is 2.14. The van der Waals surface area contributed by atoms with E-state index in [1.165, 1.54) is 11.1 Å². The molecule has 0 bridgehead atoms. The minimum absolute atomic E-state index is 0.0748. The average molecular weight is 470 g/mol. The van der Waals surface area contributed by atoms with Crippen molar-refractivity contribution in [3.05, 3.63) is 94.8 Å². The van der Waals surface area contributed by atoms with Crippen molar-refractivity contribution in [3.8, 4) is 5.75 Å². The molecule has 0 aliphatic heterocycles. The monoisotopic (exact) mass is 469 g/mol. The van der Waals surface area contributed by atoms with Crippen molar-refractivity contribution in [1.82, 2.24) is 14.9 Å². The van der Waals surface area contributed by atoms with Gasteiger partial charge in [-0.05, 0) is 73.6 Å². The maximum atomic E-state index is 12.7. The Hall–Kier alpha value is -3.60. The van der Waals surface area contributed by atoms with E-state index in [4.69, 9.17) is 9.72 Å². The fraction of sp³-hybridized carbons (Fsp3) is 0.333. The van der Waals surface area contributed by atoms with E-state index in [1.807, 2.05) is 49.4 Å². The van der Waals surface area contributed by atoms with Crippen molar-refractivity contribution in [2.75, 3.05) is 6.61 Å². The summed E-state index contributed by atoms with van der Waals surface area (Å²) in [4.78, 5) is 17.5. The summed E-state index contributed by atoms with van der Waals surface area (Å²) in [5, 5.41) is 3.06. The molecule has 1 N–H and O–H groups in total. The molecule has 0 radical (unpaired) electrons. The number of rotatable bonds is 10. The number of aryl methyl sites for hydroxylation is 3. The Labute approximate surface area is 208 Å². The number of imidazole rings is 1. The zero-order valence-electron chi connectivity index (χ0n) is 21.2. The van der Waals surface area contributed by atoms with Gasteiger partial charge in [0.05, 0.1) is 24.2 Å². The zero-order chi connectivity index (χ0) is 24.8. The topological polar surface area (TPSA) is 56.1 Å². The SMILES string of the molecule is Cc1ccc(C(C)C)c(OCCCCn2c(CNC(=O)c3ccccc3C)nc3ccccc32)c1. The van der Waals surface area contributed by atoms with Crippen LogP contribution in [0.3, 0.4) is 0 Å². The molecule has 0 saturated carbocycles. The van der Waals surface area contributed by atoms with Crippen LogP contribution in [0.15, 0.2) is 66.7 Å². The van der Waals surface area contributed by atoms with Gasteiger partial charge in [0.25, 0.3) is 5.91 Å². The first kappa shape index (κ1) is 24.5. The van der Waals surface area contributed by atoms with Crippen molar-refractivity contribution < 1.29 is 9.53 Å². The van der Waals surface area contributed by atoms with Crippen molar-refractivity contribution in [3.63, 3.8) is 0 Å². The summed E-state index contributed by atoms with van der Waals surface area (Å²) in [7, 11) is 0. The molecule has 0 atom stereocenters. The fourth-order valence-corrected chi connectivity index (χ4v) is 4.39. The van der Waals surface area contributed by atoms with Crippen molar-refractivity contribution in [1.29, 1.82) is 0 Å². The normalized spacial score (nSPS) is 11.2. The van der Waals surface area contributed by atoms with Gasteiger partial charge >= 0.3 is 0 Å². The molecule has 0 saturated heterocycles. The molecule has 4 aromatic rings. The predicted molar refractivity (Wildman–Crippen MR) is 142 cm³/mol. The largest absolute Gasteiger partial charge is 0.493 e. The molecule has 3 aromatic carbocycles. The minimum Gasteiger partial charge on any atom is -0.493 e. The van der Waals surface area contributed by atoms with Crippen LogP contribution in [-0.2, 0) is 13.1 Å². The van der Waals surface area contributed by atoms with E-state index in [9.17, 15) is 4.79 Å². The van der Waals surface area contributed by atoms with Gasteiger partial charge in [0, 0.05) is 12.1 Å². The van der Waals surface area contributed by atoms with Gasteiger partial charge in [0.2, 0.25) is 0 Å². The van der Waals surface area contributed by atoms with Crippen molar-refractivity contribution >= 4 is 16.9 Å². The molecule has 0 aliphatic rings. The van der Waals surface area contributed by atoms with E-state index < -0.39 is 0 Å². The van der Waals surface area contributed by atoms with Gasteiger partial charge < -0.3 is 14.6 Å². The number of unbranched alkanes of at least 4 members (excludes halogenated alkanes) is 1. The molecule has 4 rings (SSSR count). The summed E-state index contributed by atoms with van der Waals surface area (Å²) in [5.41, 5.74) is 6.17. The number of nitrogens with zero attached hydrogens (tertiary/aromatic N) is 2. The third kappa shape index (κ3) is 5.91. The first-order valence-electron chi connectivity index (χ1n) is 12.5. The summed E-state index contributed by atoms with van der Waals surface area (Å²) in [6, 6.07) is 22.2. The number of para-hydroxylation sites is 2. The Balaban J connectivity index is 1.39. The Morgan fingerprint density at radius 1 is 1.00 bits per heavy atom. The molecule has 0 fully saturated rings. The van der Waals surface area contributed by atoms with Gasteiger partial charge in [-0.25, -0.2) is 4.98 Å². The Morgan fingerprint density at radius 3 is 2.57 bits per heavy atom. The minimum atomic E-state index is -0.0748. The lowest BCUT2D eigenvalue weighted by Crippen LogP contribution is -2.25. The number of fused-ring (bicyclic) bond motifs is 1. The number of benzene rings is 3. The van der Waals surface area contributed by atoms with E-state index >= 15 is 0 Å². The van der Waals surface area contributed by atoms with Gasteiger partial charge in [-0.2, -0.15) is 0 Å². The van der Waals surface area contributed by atoms with E-state index in [2.05, 4.69) is 54.9 Å². The van der Waals surface area contributed by atoms with E-state index in [1.54, 1.807) is 0 Å². The smallest absolute Gasteiger partial charge is 0.251 e. The first-order chi connectivity index (χ1) is 16.9. The number of ether oxygens (including phenoxy) is 1. The Kier molecular flexibility index (Phi) is 7.86. The molecule has 35 heavy (non-hydrogen) atoms. The number of hydrogen-bond acceptors (Lipinski definition) is 3. The van der Waals surface area contributed by atoms with Gasteiger partial charge in [-0.3, -0.25) is 4.79 Å². The van der Waals surface area contributed by atoms with E-state index in [-0.39, 0.29) is 5.91 Å². The van der Waals surface area contributed by atoms with Gasteiger partial charge in [-0.15, -0.1) is 0 Å². The highest BCUT2D eigenvalue weighted by atomic mass is 16.5. The number of amides is 1. The maximum absolute atomic E-state index is 12.7. The van der Waals surface area contributed by atoms with Crippen LogP contribution in [0.25, 0.3) is 11.0 Å². The summed E-state index contributed by atoms with van der Waals surface area (Å²) >= 11 is 0. The number of hydrogen-bond donors (Lipinski definition) is 1. The third-order valence-corrected chi connectivity index (χ3v) is 6.36. The molecule has 5 nitrogen and oxygen atoms in total. The second-order valence-electron chi connectivity index (χ2n) is 9.42. The second-order valence-corrected chi connectivity index (χ2v) is 9.42. The summed E-state index contributed by atoms with van der Waals surface area (Å²) in [6.45, 7) is 10.3. The van der Waals surface area contributed by atoms with Crippen LogP contribution in [-0.4, -0.2) is 22.1 Å². The number of carbonyl (C=O) groups excluding carboxylic acids is 1. The standard InChI is InChI=1S/C30H35N3O2/c1-21(2)24-16-15-22(3)19-28(24)35-18-10-9-17-33-27-14-8-7-13-26(27)32-29(33)20-31-30(34)25-12-6-5-11-23(25)4/h5-8,11-16,19,21H,9-10,17-18,20H2,1-4H3,(H,31,34). The molecule has 0 unspecified atom stereocenters. The number of nitrogens with one attached hydrogen (secondary N) is 1. The van der Waals surface area contributed by atoms with Crippen molar-refractivity contribution in [2.24, 2.45) is 0 Å². The fourth-order valence-electron chi connectivity index (χ4n) is 4.39. The van der Waals surface area contributed by atoms with Gasteiger partial charge in [-0.1, -0.05) is 56.3 Å². The zero-order valence-corrected chi connectivity index (χ0v) is 21.2. The summed E-state index contributed by atoms with van der Waals surface area (Å²) in [5.74, 6) is 2.22.